The molecule has 7 heteroatoms. The van der Waals surface area contributed by atoms with E-state index in [1.165, 1.54) is 37.9 Å². The Balaban J connectivity index is 1.11. The first kappa shape index (κ1) is 23.8. The fourth-order valence-corrected chi connectivity index (χ4v) is 5.68. The van der Waals surface area contributed by atoms with E-state index in [1.807, 2.05) is 16.9 Å². The number of ether oxygens (including phenoxy) is 1. The minimum absolute atomic E-state index is 0.0245. The van der Waals surface area contributed by atoms with Crippen molar-refractivity contribution in [2.45, 2.75) is 31.6 Å². The van der Waals surface area contributed by atoms with Crippen LogP contribution in [0.2, 0.25) is 0 Å². The maximum atomic E-state index is 11.7. The Hall–Kier alpha value is -2.38. The van der Waals surface area contributed by atoms with E-state index in [9.17, 15) is 13.2 Å². The molecular weight excluding hydrogens is 436 g/mol. The minimum atomic E-state index is -3.52. The molecule has 1 saturated carbocycles. The molecule has 0 unspecified atom stereocenters. The Bertz CT molecular complexity index is 1050. The molecule has 1 aliphatic carbocycles. The Morgan fingerprint density at radius 2 is 1.76 bits per heavy atom. The predicted molar refractivity (Wildman–Crippen MR) is 129 cm³/mol. The summed E-state index contributed by atoms with van der Waals surface area (Å²) in [6.07, 6.45) is 5.06. The lowest BCUT2D eigenvalue weighted by Crippen LogP contribution is -2.62. The molecule has 1 saturated heterocycles. The van der Waals surface area contributed by atoms with Gasteiger partial charge in [0.15, 0.2) is 0 Å². The van der Waals surface area contributed by atoms with Gasteiger partial charge in [0.05, 0.1) is 38.7 Å². The maximum Gasteiger partial charge on any atom is 0.237 e. The molecule has 0 spiro atoms. The SMILES string of the molecule is C[N+]1(CCOc2ccc(CC(=O)NS(C)(=O)=O)cc2)CC(CC[C@@H]2C[C@H]2c2ccccc2)C1. The van der Waals surface area contributed by atoms with Crippen LogP contribution in [-0.2, 0) is 21.2 Å². The molecule has 33 heavy (non-hydrogen) atoms. The van der Waals surface area contributed by atoms with Gasteiger partial charge in [0, 0.05) is 0 Å². The van der Waals surface area contributed by atoms with Gasteiger partial charge < -0.3 is 9.22 Å². The van der Waals surface area contributed by atoms with E-state index in [1.54, 1.807) is 12.1 Å². The van der Waals surface area contributed by atoms with E-state index in [2.05, 4.69) is 37.4 Å². The zero-order valence-corrected chi connectivity index (χ0v) is 20.4. The van der Waals surface area contributed by atoms with Crippen LogP contribution in [0.15, 0.2) is 54.6 Å². The molecule has 0 aromatic heterocycles. The lowest BCUT2D eigenvalue weighted by molar-refractivity contribution is -0.956. The smallest absolute Gasteiger partial charge is 0.237 e. The topological polar surface area (TPSA) is 72.5 Å². The normalized spacial score (nSPS) is 26.3. The van der Waals surface area contributed by atoms with Crippen molar-refractivity contribution in [3.63, 3.8) is 0 Å². The zero-order valence-electron chi connectivity index (χ0n) is 19.6. The molecule has 6 nitrogen and oxygen atoms in total. The summed E-state index contributed by atoms with van der Waals surface area (Å²) in [6.45, 7) is 4.13. The summed E-state index contributed by atoms with van der Waals surface area (Å²) in [7, 11) is -1.21. The van der Waals surface area contributed by atoms with Crippen LogP contribution in [0.3, 0.4) is 0 Å². The van der Waals surface area contributed by atoms with Crippen molar-refractivity contribution in [3.8, 4) is 5.75 Å². The van der Waals surface area contributed by atoms with Gasteiger partial charge in [-0.05, 0) is 54.4 Å². The van der Waals surface area contributed by atoms with Crippen molar-refractivity contribution in [3.05, 3.63) is 65.7 Å². The summed E-state index contributed by atoms with van der Waals surface area (Å²) in [5, 5.41) is 0. The standard InChI is InChI=1S/C26H34N2O4S/c1-28(18-21(19-28)8-11-23-17-25(23)22-6-4-3-5-7-22)14-15-32-24-12-9-20(10-13-24)16-26(29)27-33(2,30)31/h3-7,9-10,12-13,21,23,25H,8,11,14-19H2,1-2H3/p+1/t21?,23-,25+,28?/m1/s1. The van der Waals surface area contributed by atoms with Crippen LogP contribution in [0.25, 0.3) is 0 Å². The van der Waals surface area contributed by atoms with Gasteiger partial charge in [-0.15, -0.1) is 0 Å². The summed E-state index contributed by atoms with van der Waals surface area (Å²) in [6, 6.07) is 18.2. The Morgan fingerprint density at radius 3 is 2.42 bits per heavy atom. The van der Waals surface area contributed by atoms with E-state index in [0.29, 0.717) is 6.61 Å². The van der Waals surface area contributed by atoms with Crippen LogP contribution in [0.1, 0.15) is 36.3 Å². The molecule has 1 aliphatic heterocycles. The second-order valence-electron chi connectivity index (χ2n) is 10.1. The summed E-state index contributed by atoms with van der Waals surface area (Å²) in [4.78, 5) is 11.7. The minimum Gasteiger partial charge on any atom is -0.488 e. The van der Waals surface area contributed by atoms with Crippen LogP contribution in [0.4, 0.5) is 0 Å². The van der Waals surface area contributed by atoms with Crippen LogP contribution >= 0.6 is 0 Å². The molecular formula is C26H35N2O4S+. The van der Waals surface area contributed by atoms with Crippen molar-refractivity contribution in [2.24, 2.45) is 11.8 Å². The molecule has 4 rings (SSSR count). The Labute approximate surface area is 197 Å². The molecule has 1 heterocycles. The van der Waals surface area contributed by atoms with E-state index >= 15 is 0 Å². The average Bonchev–Trinajstić information content (AvgIpc) is 3.51. The predicted octanol–water partition coefficient (Wildman–Crippen LogP) is 3.34. The van der Waals surface area contributed by atoms with E-state index in [0.717, 1.165) is 46.4 Å². The first-order valence-corrected chi connectivity index (χ1v) is 13.7. The molecule has 2 atom stereocenters. The molecule has 2 aromatic carbocycles. The van der Waals surface area contributed by atoms with Crippen molar-refractivity contribution < 1.29 is 22.4 Å². The summed E-state index contributed by atoms with van der Waals surface area (Å²) in [5.74, 6) is 2.75. The molecule has 1 N–H and O–H groups in total. The summed E-state index contributed by atoms with van der Waals surface area (Å²) < 4.78 is 31.2. The first-order chi connectivity index (χ1) is 15.7. The highest BCUT2D eigenvalue weighted by atomic mass is 32.2. The number of nitrogens with one attached hydrogen (secondary N) is 1. The second-order valence-corrected chi connectivity index (χ2v) is 11.9. The summed E-state index contributed by atoms with van der Waals surface area (Å²) >= 11 is 0. The molecule has 1 amide bonds. The number of sulfonamides is 1. The van der Waals surface area contributed by atoms with Crippen molar-refractivity contribution in [1.29, 1.82) is 0 Å². The number of likely N-dealkylation sites (N-methyl/N-ethyl adjacent to an activating group) is 1. The van der Waals surface area contributed by atoms with Gasteiger partial charge in [-0.1, -0.05) is 42.5 Å². The number of carbonyl (C=O) groups is 1. The van der Waals surface area contributed by atoms with Gasteiger partial charge in [0.1, 0.15) is 18.9 Å². The Morgan fingerprint density at radius 1 is 1.06 bits per heavy atom. The number of nitrogens with zero attached hydrogens (tertiary/aromatic N) is 1. The molecule has 2 aromatic rings. The van der Waals surface area contributed by atoms with Crippen LogP contribution < -0.4 is 9.46 Å². The monoisotopic (exact) mass is 471 g/mol. The zero-order chi connectivity index (χ0) is 23.5. The van der Waals surface area contributed by atoms with Crippen molar-refractivity contribution in [2.75, 3.05) is 39.5 Å². The van der Waals surface area contributed by atoms with Crippen molar-refractivity contribution in [1.82, 2.24) is 4.72 Å². The lowest BCUT2D eigenvalue weighted by Gasteiger charge is -2.47. The largest absolute Gasteiger partial charge is 0.488 e. The third-order valence-electron chi connectivity index (χ3n) is 6.98. The van der Waals surface area contributed by atoms with Gasteiger partial charge in [0.25, 0.3) is 0 Å². The molecule has 2 aliphatic rings. The van der Waals surface area contributed by atoms with E-state index in [-0.39, 0.29) is 6.42 Å². The highest BCUT2D eigenvalue weighted by Crippen LogP contribution is 2.50. The second kappa shape index (κ2) is 9.85. The Kier molecular flexibility index (Phi) is 7.10. The number of carbonyl (C=O) groups excluding carboxylic acids is 1. The molecule has 0 bridgehead atoms. The summed E-state index contributed by atoms with van der Waals surface area (Å²) in [5.41, 5.74) is 2.26. The van der Waals surface area contributed by atoms with Crippen molar-refractivity contribution >= 4 is 15.9 Å². The highest BCUT2D eigenvalue weighted by molar-refractivity contribution is 7.89. The number of hydrogen-bond acceptors (Lipinski definition) is 4. The average molecular weight is 472 g/mol. The number of quaternary nitrogens is 1. The van der Waals surface area contributed by atoms with Gasteiger partial charge in [0.2, 0.25) is 15.9 Å². The third-order valence-corrected chi connectivity index (χ3v) is 7.58. The van der Waals surface area contributed by atoms with E-state index < -0.39 is 15.9 Å². The quantitative estimate of drug-likeness (QED) is 0.510. The maximum absolute atomic E-state index is 11.7. The fourth-order valence-electron chi connectivity index (χ4n) is 5.20. The first-order valence-electron chi connectivity index (χ1n) is 11.8. The molecule has 2 fully saturated rings. The van der Waals surface area contributed by atoms with Gasteiger partial charge in [-0.3, -0.25) is 9.52 Å². The van der Waals surface area contributed by atoms with Crippen LogP contribution in [0, 0.1) is 11.8 Å². The lowest BCUT2D eigenvalue weighted by atomic mass is 9.90. The number of likely N-dealkylation sites (tertiary alicyclic amines) is 1. The number of amides is 1. The fraction of sp³-hybridized carbons (Fsp3) is 0.500. The number of rotatable bonds is 11. The van der Waals surface area contributed by atoms with Crippen LogP contribution in [-0.4, -0.2) is 58.4 Å². The van der Waals surface area contributed by atoms with Gasteiger partial charge in [-0.25, -0.2) is 8.42 Å². The van der Waals surface area contributed by atoms with Gasteiger partial charge >= 0.3 is 0 Å². The van der Waals surface area contributed by atoms with Crippen LogP contribution in [0.5, 0.6) is 5.75 Å². The molecule has 178 valence electrons. The van der Waals surface area contributed by atoms with E-state index in [4.69, 9.17) is 4.74 Å². The third kappa shape index (κ3) is 7.05. The number of hydrogen-bond donors (Lipinski definition) is 1. The highest BCUT2D eigenvalue weighted by Gasteiger charge is 2.43. The number of benzene rings is 2. The molecule has 0 radical (unpaired) electrons. The van der Waals surface area contributed by atoms with Gasteiger partial charge in [-0.2, -0.15) is 0 Å².